The van der Waals surface area contributed by atoms with Crippen LogP contribution in [0, 0.1) is 5.92 Å². The van der Waals surface area contributed by atoms with Gasteiger partial charge in [-0.3, -0.25) is 19.0 Å². The summed E-state index contributed by atoms with van der Waals surface area (Å²) in [6.45, 7) is 5.92. The fourth-order valence-electron chi connectivity index (χ4n) is 3.11. The lowest BCUT2D eigenvalue weighted by atomic mass is 10.1. The second-order valence-corrected chi connectivity index (χ2v) is 7.42. The Kier molecular flexibility index (Phi) is 6.15. The molecule has 2 aromatic carbocycles. The summed E-state index contributed by atoms with van der Waals surface area (Å²) in [7, 11) is 0. The van der Waals surface area contributed by atoms with E-state index in [0.29, 0.717) is 34.3 Å². The second kappa shape index (κ2) is 8.77. The van der Waals surface area contributed by atoms with Crippen LogP contribution < -0.4 is 21.9 Å². The highest BCUT2D eigenvalue weighted by Gasteiger charge is 2.11. The molecule has 0 radical (unpaired) electrons. The summed E-state index contributed by atoms with van der Waals surface area (Å²) in [6.07, 6.45) is 0.436. The first kappa shape index (κ1) is 21.0. The number of nitrogens with zero attached hydrogens (tertiary/aromatic N) is 1. The number of anilines is 2. The molecule has 0 unspecified atom stereocenters. The SMILES string of the molecule is CCn1c(=O)[nH]c2cc(C(=O)Nc3ccc(NC(=O)CC(C)C)cc3)ccc2c1=O. The molecule has 3 rings (SSSR count). The highest BCUT2D eigenvalue weighted by molar-refractivity contribution is 6.06. The van der Waals surface area contributed by atoms with E-state index in [1.807, 2.05) is 13.8 Å². The molecule has 0 bridgehead atoms. The van der Waals surface area contributed by atoms with Gasteiger partial charge in [-0.05, 0) is 55.3 Å². The molecule has 0 atom stereocenters. The number of benzene rings is 2. The predicted molar refractivity (Wildman–Crippen MR) is 117 cm³/mol. The fraction of sp³-hybridized carbons (Fsp3) is 0.273. The normalized spacial score (nSPS) is 10.9. The van der Waals surface area contributed by atoms with Crippen LogP contribution in [0.1, 0.15) is 37.6 Å². The molecule has 0 spiro atoms. The van der Waals surface area contributed by atoms with Crippen LogP contribution in [0.15, 0.2) is 52.1 Å². The Bertz CT molecular complexity index is 1210. The van der Waals surface area contributed by atoms with Gasteiger partial charge in [0.1, 0.15) is 0 Å². The number of H-pyrrole nitrogens is 1. The zero-order valence-corrected chi connectivity index (χ0v) is 17.1. The molecule has 2 amide bonds. The third kappa shape index (κ3) is 4.65. The van der Waals surface area contributed by atoms with Crippen LogP contribution in [0.5, 0.6) is 0 Å². The Morgan fingerprint density at radius 2 is 1.63 bits per heavy atom. The Morgan fingerprint density at radius 3 is 2.23 bits per heavy atom. The van der Waals surface area contributed by atoms with E-state index in [2.05, 4.69) is 15.6 Å². The van der Waals surface area contributed by atoms with Crippen molar-refractivity contribution in [3.8, 4) is 0 Å². The number of aromatic nitrogens is 2. The zero-order chi connectivity index (χ0) is 21.8. The summed E-state index contributed by atoms with van der Waals surface area (Å²) in [5.74, 6) is -0.173. The molecule has 0 saturated carbocycles. The van der Waals surface area contributed by atoms with Crippen molar-refractivity contribution in [2.45, 2.75) is 33.7 Å². The standard InChI is InChI=1S/C22H24N4O4/c1-4-26-21(29)17-10-5-14(12-18(17)25-22(26)30)20(28)24-16-8-6-15(7-9-16)23-19(27)11-13(2)3/h5-10,12-13H,4,11H2,1-3H3,(H,23,27)(H,24,28)(H,25,30). The average molecular weight is 408 g/mol. The van der Waals surface area contributed by atoms with Gasteiger partial charge >= 0.3 is 5.69 Å². The minimum atomic E-state index is -0.511. The molecule has 0 aliphatic carbocycles. The molecule has 1 heterocycles. The van der Waals surface area contributed by atoms with Crippen molar-refractivity contribution >= 4 is 34.1 Å². The lowest BCUT2D eigenvalue weighted by molar-refractivity contribution is -0.116. The third-order valence-corrected chi connectivity index (χ3v) is 4.58. The first-order chi connectivity index (χ1) is 14.3. The highest BCUT2D eigenvalue weighted by Crippen LogP contribution is 2.16. The van der Waals surface area contributed by atoms with Gasteiger partial charge in [0.25, 0.3) is 11.5 Å². The number of carbonyl (C=O) groups is 2. The summed E-state index contributed by atoms with van der Waals surface area (Å²) in [4.78, 5) is 51.4. The number of carbonyl (C=O) groups excluding carboxylic acids is 2. The number of rotatable bonds is 6. The topological polar surface area (TPSA) is 113 Å². The Labute approximate surface area is 172 Å². The van der Waals surface area contributed by atoms with Gasteiger partial charge in [0, 0.05) is 29.9 Å². The molecule has 3 N–H and O–H groups in total. The first-order valence-electron chi connectivity index (χ1n) is 9.76. The Hall–Kier alpha value is -3.68. The quantitative estimate of drug-likeness (QED) is 0.582. The van der Waals surface area contributed by atoms with Crippen LogP contribution in [0.4, 0.5) is 11.4 Å². The lowest BCUT2D eigenvalue weighted by Crippen LogP contribution is -2.34. The lowest BCUT2D eigenvalue weighted by Gasteiger charge is -2.10. The van der Waals surface area contributed by atoms with Gasteiger partial charge in [0.05, 0.1) is 10.9 Å². The molecule has 0 saturated heterocycles. The average Bonchev–Trinajstić information content (AvgIpc) is 2.68. The van der Waals surface area contributed by atoms with Gasteiger partial charge < -0.3 is 15.6 Å². The van der Waals surface area contributed by atoms with Crippen LogP contribution in [0.2, 0.25) is 0 Å². The molecule has 3 aromatic rings. The van der Waals surface area contributed by atoms with E-state index >= 15 is 0 Å². The Balaban J connectivity index is 1.76. The van der Waals surface area contributed by atoms with E-state index in [1.54, 1.807) is 31.2 Å². The molecular weight excluding hydrogens is 384 g/mol. The monoisotopic (exact) mass is 408 g/mol. The van der Waals surface area contributed by atoms with Gasteiger partial charge in [-0.25, -0.2) is 4.79 Å². The summed E-state index contributed by atoms with van der Waals surface area (Å²) in [5, 5.41) is 5.91. The molecule has 0 aliphatic heterocycles. The van der Waals surface area contributed by atoms with Gasteiger partial charge in [-0.1, -0.05) is 13.8 Å². The van der Waals surface area contributed by atoms with Gasteiger partial charge in [-0.15, -0.1) is 0 Å². The van der Waals surface area contributed by atoms with Crippen molar-refractivity contribution in [1.82, 2.24) is 9.55 Å². The maximum Gasteiger partial charge on any atom is 0.328 e. The molecule has 8 nitrogen and oxygen atoms in total. The third-order valence-electron chi connectivity index (χ3n) is 4.58. The molecule has 30 heavy (non-hydrogen) atoms. The molecular formula is C22H24N4O4. The number of hydrogen-bond acceptors (Lipinski definition) is 4. The van der Waals surface area contributed by atoms with Crippen molar-refractivity contribution in [2.24, 2.45) is 5.92 Å². The molecule has 8 heteroatoms. The van der Waals surface area contributed by atoms with Crippen molar-refractivity contribution < 1.29 is 9.59 Å². The molecule has 0 aliphatic rings. The van der Waals surface area contributed by atoms with Crippen molar-refractivity contribution in [3.63, 3.8) is 0 Å². The number of nitrogens with one attached hydrogen (secondary N) is 3. The van der Waals surface area contributed by atoms with E-state index in [4.69, 9.17) is 0 Å². The maximum atomic E-state index is 12.6. The van der Waals surface area contributed by atoms with Crippen LogP contribution >= 0.6 is 0 Å². The van der Waals surface area contributed by atoms with Gasteiger partial charge in [0.15, 0.2) is 0 Å². The van der Waals surface area contributed by atoms with E-state index in [9.17, 15) is 19.2 Å². The van der Waals surface area contributed by atoms with Crippen LogP contribution in [0.3, 0.4) is 0 Å². The van der Waals surface area contributed by atoms with E-state index in [0.717, 1.165) is 4.57 Å². The first-order valence-corrected chi connectivity index (χ1v) is 9.76. The fourth-order valence-corrected chi connectivity index (χ4v) is 3.11. The smallest absolute Gasteiger partial charge is 0.326 e. The minimum Gasteiger partial charge on any atom is -0.326 e. The molecule has 156 valence electrons. The highest BCUT2D eigenvalue weighted by atomic mass is 16.2. The minimum absolute atomic E-state index is 0.0610. The number of fused-ring (bicyclic) bond motifs is 1. The van der Waals surface area contributed by atoms with Crippen molar-refractivity contribution in [3.05, 3.63) is 68.9 Å². The van der Waals surface area contributed by atoms with Crippen molar-refractivity contribution in [2.75, 3.05) is 10.6 Å². The van der Waals surface area contributed by atoms with Crippen LogP contribution in [0.25, 0.3) is 10.9 Å². The van der Waals surface area contributed by atoms with Crippen LogP contribution in [-0.2, 0) is 11.3 Å². The van der Waals surface area contributed by atoms with Crippen molar-refractivity contribution in [1.29, 1.82) is 0 Å². The predicted octanol–water partition coefficient (Wildman–Crippen LogP) is 2.95. The Morgan fingerprint density at radius 1 is 1.00 bits per heavy atom. The van der Waals surface area contributed by atoms with Gasteiger partial charge in [-0.2, -0.15) is 0 Å². The van der Waals surface area contributed by atoms with E-state index in [1.165, 1.54) is 18.2 Å². The number of hydrogen-bond donors (Lipinski definition) is 3. The summed E-state index contributed by atoms with van der Waals surface area (Å²) in [5.41, 5.74) is 0.915. The van der Waals surface area contributed by atoms with E-state index in [-0.39, 0.29) is 24.3 Å². The number of amides is 2. The number of aromatic amines is 1. The molecule has 1 aromatic heterocycles. The van der Waals surface area contributed by atoms with Gasteiger partial charge in [0.2, 0.25) is 5.91 Å². The maximum absolute atomic E-state index is 12.6. The second-order valence-electron chi connectivity index (χ2n) is 7.42. The summed E-state index contributed by atoms with van der Waals surface area (Å²) >= 11 is 0. The van der Waals surface area contributed by atoms with Crippen LogP contribution in [-0.4, -0.2) is 21.4 Å². The zero-order valence-electron chi connectivity index (χ0n) is 17.1. The molecule has 0 fully saturated rings. The largest absolute Gasteiger partial charge is 0.328 e. The summed E-state index contributed by atoms with van der Waals surface area (Å²) < 4.78 is 1.10. The summed E-state index contributed by atoms with van der Waals surface area (Å²) in [6, 6.07) is 11.3. The van der Waals surface area contributed by atoms with E-state index < -0.39 is 11.2 Å².